The van der Waals surface area contributed by atoms with Crippen LogP contribution in [0.25, 0.3) is 10.2 Å². The number of carbonyl (C=O) groups is 1. The zero-order valence-corrected chi connectivity index (χ0v) is 13.2. The van der Waals surface area contributed by atoms with Crippen LogP contribution in [0, 0.1) is 5.82 Å². The number of fused-ring (bicyclic) bond motifs is 1. The van der Waals surface area contributed by atoms with E-state index in [2.05, 4.69) is 15.3 Å². The van der Waals surface area contributed by atoms with Crippen LogP contribution in [0.4, 0.5) is 10.2 Å². The Hall–Kier alpha value is -2.54. The van der Waals surface area contributed by atoms with Crippen LogP contribution in [0.2, 0.25) is 0 Å². The maximum absolute atomic E-state index is 13.1. The molecule has 3 N–H and O–H groups in total. The molecule has 1 amide bonds. The summed E-state index contributed by atoms with van der Waals surface area (Å²) in [6.07, 6.45) is 0.681. The molecular weight excluding hydrogens is 315 g/mol. The summed E-state index contributed by atoms with van der Waals surface area (Å²) >= 11 is 1.51. The van der Waals surface area contributed by atoms with E-state index in [1.165, 1.54) is 35.6 Å². The monoisotopic (exact) mass is 330 g/mol. The van der Waals surface area contributed by atoms with Gasteiger partial charge < -0.3 is 11.1 Å². The predicted molar refractivity (Wildman–Crippen MR) is 88.8 cm³/mol. The van der Waals surface area contributed by atoms with Gasteiger partial charge in [-0.2, -0.15) is 0 Å². The standard InChI is InChI=1S/C16H15FN4OS/c1-2-12-19-15(11-7-8-23-16(11)20-12)21-13(14(18)22)9-3-5-10(17)6-4-9/h3-8,13H,2H2,1H3,(H2,18,22)(H,19,20,21). The molecule has 5 nitrogen and oxygen atoms in total. The quantitative estimate of drug-likeness (QED) is 0.753. The molecule has 0 aliphatic heterocycles. The zero-order valence-electron chi connectivity index (χ0n) is 12.4. The first-order valence-corrected chi connectivity index (χ1v) is 8.02. The fourth-order valence-corrected chi connectivity index (χ4v) is 3.06. The van der Waals surface area contributed by atoms with E-state index in [9.17, 15) is 9.18 Å². The Balaban J connectivity index is 2.02. The lowest BCUT2D eigenvalue weighted by atomic mass is 10.1. The first kappa shape index (κ1) is 15.4. The topological polar surface area (TPSA) is 80.9 Å². The average Bonchev–Trinajstić information content (AvgIpc) is 3.01. The molecule has 0 aliphatic rings. The van der Waals surface area contributed by atoms with Crippen LogP contribution in [0.3, 0.4) is 0 Å². The number of thiophene rings is 1. The molecule has 3 rings (SSSR count). The summed E-state index contributed by atoms with van der Waals surface area (Å²) in [5, 5.41) is 5.83. The third-order valence-corrected chi connectivity index (χ3v) is 4.26. The second-order valence-electron chi connectivity index (χ2n) is 5.01. The van der Waals surface area contributed by atoms with Crippen LogP contribution in [-0.4, -0.2) is 15.9 Å². The number of hydrogen-bond acceptors (Lipinski definition) is 5. The van der Waals surface area contributed by atoms with Crippen LogP contribution < -0.4 is 11.1 Å². The number of nitrogens with zero attached hydrogens (tertiary/aromatic N) is 2. The molecule has 2 aromatic heterocycles. The van der Waals surface area contributed by atoms with Crippen molar-refractivity contribution in [1.82, 2.24) is 9.97 Å². The van der Waals surface area contributed by atoms with Gasteiger partial charge in [0.05, 0.1) is 5.39 Å². The lowest BCUT2D eigenvalue weighted by Crippen LogP contribution is -2.28. The van der Waals surface area contributed by atoms with Gasteiger partial charge in [0.1, 0.15) is 28.3 Å². The molecule has 0 fully saturated rings. The Labute approximate surface area is 136 Å². The summed E-state index contributed by atoms with van der Waals surface area (Å²) in [6.45, 7) is 1.96. The van der Waals surface area contributed by atoms with Crippen LogP contribution in [0.15, 0.2) is 35.7 Å². The molecule has 23 heavy (non-hydrogen) atoms. The normalized spacial score (nSPS) is 12.3. The summed E-state index contributed by atoms with van der Waals surface area (Å²) in [7, 11) is 0. The van der Waals surface area contributed by atoms with Gasteiger partial charge in [0, 0.05) is 6.42 Å². The van der Waals surface area contributed by atoms with Gasteiger partial charge in [0.25, 0.3) is 0 Å². The van der Waals surface area contributed by atoms with Gasteiger partial charge in [-0.25, -0.2) is 14.4 Å². The first-order chi connectivity index (χ1) is 11.1. The van der Waals surface area contributed by atoms with E-state index in [4.69, 9.17) is 5.73 Å². The highest BCUT2D eigenvalue weighted by Crippen LogP contribution is 2.28. The highest BCUT2D eigenvalue weighted by molar-refractivity contribution is 7.16. The number of primary amides is 1. The summed E-state index contributed by atoms with van der Waals surface area (Å²) < 4.78 is 13.1. The van der Waals surface area contributed by atoms with Crippen LogP contribution in [0.1, 0.15) is 24.4 Å². The molecule has 1 unspecified atom stereocenters. The maximum Gasteiger partial charge on any atom is 0.244 e. The fourth-order valence-electron chi connectivity index (χ4n) is 2.28. The number of nitrogens with two attached hydrogens (primary N) is 1. The minimum Gasteiger partial charge on any atom is -0.368 e. The predicted octanol–water partition coefficient (Wildman–Crippen LogP) is 3.03. The van der Waals surface area contributed by atoms with Crippen molar-refractivity contribution >= 4 is 33.3 Å². The van der Waals surface area contributed by atoms with E-state index in [-0.39, 0.29) is 5.82 Å². The van der Waals surface area contributed by atoms with Crippen LogP contribution in [-0.2, 0) is 11.2 Å². The number of halogens is 1. The third kappa shape index (κ3) is 3.14. The number of aryl methyl sites for hydroxylation is 1. The van der Waals surface area contributed by atoms with Crippen molar-refractivity contribution in [3.8, 4) is 0 Å². The van der Waals surface area contributed by atoms with E-state index in [1.54, 1.807) is 0 Å². The van der Waals surface area contributed by atoms with Gasteiger partial charge >= 0.3 is 0 Å². The maximum atomic E-state index is 13.1. The van der Waals surface area contributed by atoms with Crippen molar-refractivity contribution in [3.05, 3.63) is 52.9 Å². The summed E-state index contributed by atoms with van der Waals surface area (Å²) in [4.78, 5) is 21.6. The number of benzene rings is 1. The molecule has 0 radical (unpaired) electrons. The van der Waals surface area contributed by atoms with E-state index < -0.39 is 11.9 Å². The smallest absolute Gasteiger partial charge is 0.244 e. The molecule has 0 spiro atoms. The minimum absolute atomic E-state index is 0.368. The summed E-state index contributed by atoms with van der Waals surface area (Å²) in [5.41, 5.74) is 6.09. The highest BCUT2D eigenvalue weighted by atomic mass is 32.1. The van der Waals surface area contributed by atoms with Crippen LogP contribution >= 0.6 is 11.3 Å². The molecule has 1 aromatic carbocycles. The van der Waals surface area contributed by atoms with E-state index >= 15 is 0 Å². The van der Waals surface area contributed by atoms with Crippen LogP contribution in [0.5, 0.6) is 0 Å². The Morgan fingerprint density at radius 3 is 2.70 bits per heavy atom. The molecule has 118 valence electrons. The Morgan fingerprint density at radius 1 is 1.30 bits per heavy atom. The molecule has 0 saturated heterocycles. The van der Waals surface area contributed by atoms with Crippen molar-refractivity contribution in [1.29, 1.82) is 0 Å². The fraction of sp³-hybridized carbons (Fsp3) is 0.188. The number of nitrogens with one attached hydrogen (secondary N) is 1. The van der Waals surface area contributed by atoms with Gasteiger partial charge in [0.15, 0.2) is 0 Å². The molecule has 0 bridgehead atoms. The van der Waals surface area contributed by atoms with Crippen molar-refractivity contribution in [3.63, 3.8) is 0 Å². The number of aromatic nitrogens is 2. The Kier molecular flexibility index (Phi) is 4.20. The largest absolute Gasteiger partial charge is 0.368 e. The number of rotatable bonds is 5. The molecular formula is C16H15FN4OS. The van der Waals surface area contributed by atoms with Gasteiger partial charge in [-0.1, -0.05) is 19.1 Å². The van der Waals surface area contributed by atoms with Gasteiger partial charge in [-0.15, -0.1) is 11.3 Å². The second-order valence-corrected chi connectivity index (χ2v) is 5.91. The third-order valence-electron chi connectivity index (χ3n) is 3.46. The number of anilines is 1. The average molecular weight is 330 g/mol. The Morgan fingerprint density at radius 2 is 2.04 bits per heavy atom. The summed E-state index contributed by atoms with van der Waals surface area (Å²) in [5.74, 6) is 0.315. The van der Waals surface area contributed by atoms with E-state index in [1.807, 2.05) is 18.4 Å². The highest BCUT2D eigenvalue weighted by Gasteiger charge is 2.20. The lowest BCUT2D eigenvalue weighted by molar-refractivity contribution is -0.118. The van der Waals surface area contributed by atoms with Gasteiger partial charge in [0.2, 0.25) is 5.91 Å². The zero-order chi connectivity index (χ0) is 16.4. The SMILES string of the molecule is CCc1nc(NC(C(N)=O)c2ccc(F)cc2)c2ccsc2n1. The molecule has 0 aliphatic carbocycles. The lowest BCUT2D eigenvalue weighted by Gasteiger charge is -2.17. The second kappa shape index (κ2) is 6.29. The number of amides is 1. The van der Waals surface area contributed by atoms with Crippen molar-refractivity contribution in [2.45, 2.75) is 19.4 Å². The van der Waals surface area contributed by atoms with Crippen molar-refractivity contribution < 1.29 is 9.18 Å². The van der Waals surface area contributed by atoms with Gasteiger partial charge in [-0.3, -0.25) is 4.79 Å². The molecule has 0 saturated carbocycles. The first-order valence-electron chi connectivity index (χ1n) is 7.14. The molecule has 3 aromatic rings. The molecule has 2 heterocycles. The molecule has 1 atom stereocenters. The van der Waals surface area contributed by atoms with Gasteiger partial charge in [-0.05, 0) is 29.1 Å². The number of carbonyl (C=O) groups excluding carboxylic acids is 1. The van der Waals surface area contributed by atoms with Crippen molar-refractivity contribution in [2.75, 3.05) is 5.32 Å². The Bertz CT molecular complexity index is 847. The molecule has 7 heteroatoms. The summed E-state index contributed by atoms with van der Waals surface area (Å²) in [6, 6.07) is 6.76. The van der Waals surface area contributed by atoms with E-state index in [0.717, 1.165) is 10.2 Å². The minimum atomic E-state index is -0.793. The van der Waals surface area contributed by atoms with Crippen molar-refractivity contribution in [2.24, 2.45) is 5.73 Å². The van der Waals surface area contributed by atoms with E-state index in [0.29, 0.717) is 23.6 Å². The number of hydrogen-bond donors (Lipinski definition) is 2.